The van der Waals surface area contributed by atoms with Crippen LogP contribution >= 0.6 is 34.4 Å². The number of aromatic nitrogens is 1. The maximum absolute atomic E-state index is 14.6. The average molecular weight is 1430 g/mol. The van der Waals surface area contributed by atoms with E-state index >= 15 is 0 Å². The van der Waals surface area contributed by atoms with Crippen molar-refractivity contribution in [3.63, 3.8) is 0 Å². The Bertz CT molecular complexity index is 3090. The summed E-state index contributed by atoms with van der Waals surface area (Å²) in [7, 11) is 0. The first-order valence-electron chi connectivity index (χ1n) is 31.5. The van der Waals surface area contributed by atoms with E-state index in [1.165, 1.54) is 30.9 Å². The van der Waals surface area contributed by atoms with E-state index in [-0.39, 0.29) is 75.0 Å². The molecule has 2 unspecified atom stereocenters. The molecular weight excluding hydrogens is 1340 g/mol. The maximum Gasteiger partial charge on any atom is 0.317 e. The van der Waals surface area contributed by atoms with Crippen LogP contribution in [0.15, 0.2) is 54.7 Å². The summed E-state index contributed by atoms with van der Waals surface area (Å²) in [5, 5.41) is 27.6. The van der Waals surface area contributed by atoms with Gasteiger partial charge in [-0.1, -0.05) is 12.1 Å². The van der Waals surface area contributed by atoms with Gasteiger partial charge >= 0.3 is 5.97 Å². The Morgan fingerprint density at radius 2 is 1.46 bits per heavy atom. The fourth-order valence-corrected chi connectivity index (χ4v) is 13.1. The van der Waals surface area contributed by atoms with Gasteiger partial charge < -0.3 is 45.1 Å². The molecule has 4 N–H and O–H groups in total. The summed E-state index contributed by atoms with van der Waals surface area (Å²) in [5.74, 6) is -3.02. The Hall–Kier alpha value is -7.15. The van der Waals surface area contributed by atoms with Crippen molar-refractivity contribution in [3.8, 4) is 11.8 Å². The van der Waals surface area contributed by atoms with E-state index < -0.39 is 65.7 Å². The van der Waals surface area contributed by atoms with E-state index in [0.717, 1.165) is 25.4 Å². The normalized spacial score (nSPS) is 20.3. The van der Waals surface area contributed by atoms with Crippen molar-refractivity contribution in [2.24, 2.45) is 0 Å². The number of hydrogen-bond acceptors (Lipinski definition) is 21. The third kappa shape index (κ3) is 24.3. The molecule has 5 heterocycles. The van der Waals surface area contributed by atoms with Crippen molar-refractivity contribution in [2.45, 2.75) is 87.7 Å². The summed E-state index contributed by atoms with van der Waals surface area (Å²) in [6.45, 7) is 6.77. The molecule has 0 bridgehead atoms. The number of carbonyl (C=O) groups is 10. The highest BCUT2D eigenvalue weighted by Crippen LogP contribution is 2.31. The first-order chi connectivity index (χ1) is 44.8. The van der Waals surface area contributed by atoms with Crippen LogP contribution in [0.3, 0.4) is 0 Å². The molecule has 0 radical (unpaired) electrons. The number of halogens is 2. The van der Waals surface area contributed by atoms with Crippen molar-refractivity contribution >= 4 is 106 Å². The monoisotopic (exact) mass is 1430 g/mol. The van der Waals surface area contributed by atoms with Crippen LogP contribution in [0.1, 0.15) is 74.2 Å². The average Bonchev–Trinajstić information content (AvgIpc) is 1.82. The van der Waals surface area contributed by atoms with Crippen molar-refractivity contribution < 1.29 is 71.7 Å². The highest BCUT2D eigenvalue weighted by molar-refractivity contribution is 14.1. The number of hydrogen-bond donors (Lipinski definition) is 4. The SMILES string of the molecule is CC1(F)C[C@H](C#N)N(C(=O)CNC(=O)c2ccnc3ccc(OCCCN4CCN(C(=O)CN5C(=O)CC(SC[C@H](CCCCNC(=O)CCCc6ccc(I)cc6)NC(=O)CN6CCN(COC=O)CCN(COC=O)CCN(CC(=O)O)CC6)C5=O)CC4)cc23)C1. The lowest BCUT2D eigenvalue weighted by Gasteiger charge is -2.35. The molecule has 0 aliphatic carbocycles. The Morgan fingerprint density at radius 1 is 0.806 bits per heavy atom. The van der Waals surface area contributed by atoms with Crippen LogP contribution in [0.2, 0.25) is 0 Å². The van der Waals surface area contributed by atoms with Crippen LogP contribution in [0.25, 0.3) is 10.9 Å². The lowest BCUT2D eigenvalue weighted by molar-refractivity contribution is -0.146. The smallest absolute Gasteiger partial charge is 0.317 e. The summed E-state index contributed by atoms with van der Waals surface area (Å²) in [6.07, 6.45) is 5.48. The van der Waals surface area contributed by atoms with E-state index in [2.05, 4.69) is 60.6 Å². The van der Waals surface area contributed by atoms with Gasteiger partial charge in [-0.3, -0.25) is 82.3 Å². The van der Waals surface area contributed by atoms with E-state index in [1.807, 2.05) is 32.9 Å². The van der Waals surface area contributed by atoms with Crippen molar-refractivity contribution in [2.75, 3.05) is 150 Å². The van der Waals surface area contributed by atoms with E-state index in [9.17, 15) is 62.7 Å². The minimum absolute atomic E-state index is 0.00972. The highest BCUT2D eigenvalue weighted by Gasteiger charge is 2.44. The standard InChI is InChI=1S/C63H85FIN13O14S/c1-63(64)34-49(35-66)78(41-63)58(84)36-69-61(88)51-15-17-67-53-14-13-50(32-52(51)53)92-31-5-18-71-27-29-76(30-28-71)59(85)38-77-57(83)33-54(62(77)89)93-40-48(7-2-3-16-68-55(81)8-4-6-46-9-11-47(65)12-10-46)70-56(82)37-72-19-20-73(39-60(86)87)22-24-75(43-91-45-80)26-25-74(23-21-72)42-90-44-79/h9-15,17,32,44-45,48-49,54H,2-8,16,18-31,33-34,36-43H2,1H3,(H,68,81)(H,69,88)(H,70,82)(H,86,87)/t48-,49+,54?,63?/m0/s1. The van der Waals surface area contributed by atoms with Crippen LogP contribution in [0, 0.1) is 14.9 Å². The first kappa shape index (κ1) is 73.3. The van der Waals surface area contributed by atoms with E-state index in [0.29, 0.717) is 166 Å². The van der Waals surface area contributed by atoms with Gasteiger partial charge in [0.05, 0.1) is 55.2 Å². The minimum atomic E-state index is -1.69. The van der Waals surface area contributed by atoms with Crippen molar-refractivity contribution in [3.05, 3.63) is 69.4 Å². The van der Waals surface area contributed by atoms with Crippen LogP contribution in [0.4, 0.5) is 4.39 Å². The molecule has 506 valence electrons. The number of unbranched alkanes of at least 4 members (excludes halogenated alkanes) is 1. The number of aryl methyl sites for hydroxylation is 1. The van der Waals surface area contributed by atoms with Crippen molar-refractivity contribution in [1.29, 1.82) is 5.26 Å². The van der Waals surface area contributed by atoms with Gasteiger partial charge in [-0.2, -0.15) is 5.26 Å². The number of carboxylic acid groups (broad SMARTS) is 1. The number of pyridine rings is 1. The summed E-state index contributed by atoms with van der Waals surface area (Å²) in [6, 6.07) is 15.5. The molecule has 0 saturated carbocycles. The van der Waals surface area contributed by atoms with Crippen LogP contribution < -0.4 is 20.7 Å². The van der Waals surface area contributed by atoms with Gasteiger partial charge in [0.15, 0.2) is 0 Å². The third-order valence-corrected chi connectivity index (χ3v) is 18.8. The zero-order valence-electron chi connectivity index (χ0n) is 52.6. The molecule has 4 fully saturated rings. The molecule has 4 saturated heterocycles. The Morgan fingerprint density at radius 3 is 2.12 bits per heavy atom. The minimum Gasteiger partial charge on any atom is -0.494 e. The number of nitriles is 1. The molecule has 4 atom stereocenters. The van der Waals surface area contributed by atoms with Crippen LogP contribution in [0.5, 0.6) is 5.75 Å². The van der Waals surface area contributed by atoms with Gasteiger partial charge in [0.25, 0.3) is 18.9 Å². The zero-order chi connectivity index (χ0) is 66.7. The number of nitrogens with zero attached hydrogens (tertiary/aromatic N) is 10. The second-order valence-electron chi connectivity index (χ2n) is 23.8. The Balaban J connectivity index is 0.876. The number of piperazine rings is 1. The zero-order valence-corrected chi connectivity index (χ0v) is 55.6. The number of imide groups is 1. The topological polar surface area (TPSA) is 317 Å². The number of carbonyl (C=O) groups excluding carboxylic acids is 9. The predicted molar refractivity (Wildman–Crippen MR) is 349 cm³/mol. The molecule has 93 heavy (non-hydrogen) atoms. The molecule has 3 aromatic rings. The van der Waals surface area contributed by atoms with Gasteiger partial charge in [0, 0.05) is 138 Å². The fourth-order valence-electron chi connectivity index (χ4n) is 11.5. The van der Waals surface area contributed by atoms with E-state index in [1.54, 1.807) is 28.0 Å². The Labute approximate surface area is 558 Å². The maximum atomic E-state index is 14.6. The summed E-state index contributed by atoms with van der Waals surface area (Å²) in [4.78, 5) is 146. The lowest BCUT2D eigenvalue weighted by atomic mass is 10.1. The number of likely N-dealkylation sites (tertiary alicyclic amines) is 2. The molecule has 0 spiro atoms. The van der Waals surface area contributed by atoms with Gasteiger partial charge in [-0.25, -0.2) is 4.39 Å². The van der Waals surface area contributed by atoms with Gasteiger partial charge in [-0.15, -0.1) is 11.8 Å². The molecule has 7 amide bonds. The number of rotatable bonds is 33. The second-order valence-corrected chi connectivity index (χ2v) is 26.3. The molecule has 7 rings (SSSR count). The highest BCUT2D eigenvalue weighted by atomic mass is 127. The number of aliphatic carboxylic acids is 1. The molecule has 1 aromatic heterocycles. The lowest BCUT2D eigenvalue weighted by Crippen LogP contribution is -2.52. The number of benzene rings is 2. The number of thioether (sulfide) groups is 1. The van der Waals surface area contributed by atoms with Crippen molar-refractivity contribution in [1.82, 2.24) is 60.1 Å². The van der Waals surface area contributed by atoms with Gasteiger partial charge in [-0.05, 0) is 110 Å². The summed E-state index contributed by atoms with van der Waals surface area (Å²) >= 11 is 3.50. The predicted octanol–water partition coefficient (Wildman–Crippen LogP) is 1.56. The largest absolute Gasteiger partial charge is 0.494 e. The number of alkyl halides is 1. The van der Waals surface area contributed by atoms with Gasteiger partial charge in [0.2, 0.25) is 35.4 Å². The number of nitrogens with one attached hydrogen (secondary N) is 3. The van der Waals surface area contributed by atoms with Crippen LogP contribution in [-0.2, 0) is 59.0 Å². The van der Waals surface area contributed by atoms with Crippen LogP contribution in [-0.4, -0.2) is 283 Å². The molecular formula is C63H85FIN13O14S. The van der Waals surface area contributed by atoms with E-state index in [4.69, 9.17) is 14.2 Å². The molecule has 30 heteroatoms. The number of carboxylic acids is 1. The third-order valence-electron chi connectivity index (χ3n) is 16.7. The summed E-state index contributed by atoms with van der Waals surface area (Å²) in [5.41, 5.74) is 0.261. The first-order valence-corrected chi connectivity index (χ1v) is 33.6. The Kier molecular flexibility index (Phi) is 29.7. The summed E-state index contributed by atoms with van der Waals surface area (Å²) < 4.78 is 31.9. The molecule has 4 aliphatic heterocycles. The number of fused-ring (bicyclic) bond motifs is 1. The van der Waals surface area contributed by atoms with Gasteiger partial charge in [0.1, 0.15) is 37.5 Å². The number of amides is 7. The fraction of sp³-hybridized carbons (Fsp3) is 0.587. The molecule has 27 nitrogen and oxygen atoms in total. The second kappa shape index (κ2) is 37.7. The number of ether oxygens (including phenoxy) is 3. The quantitative estimate of drug-likeness (QED) is 0.0291. The molecule has 2 aromatic carbocycles. The molecule has 4 aliphatic rings.